The Morgan fingerprint density at radius 2 is 2.12 bits per heavy atom. The highest BCUT2D eigenvalue weighted by Gasteiger charge is 2.13. The molecule has 1 atom stereocenters. The molecule has 0 aliphatic rings. The summed E-state index contributed by atoms with van der Waals surface area (Å²) < 4.78 is 0. The highest BCUT2D eigenvalue weighted by atomic mass is 16.1. The van der Waals surface area contributed by atoms with Crippen molar-refractivity contribution in [2.24, 2.45) is 11.7 Å². The number of nitrogen functional groups attached to an aromatic ring is 1. The Labute approximate surface area is 103 Å². The van der Waals surface area contributed by atoms with E-state index < -0.39 is 0 Å². The van der Waals surface area contributed by atoms with E-state index in [0.717, 1.165) is 11.1 Å². The lowest BCUT2D eigenvalue weighted by Gasteiger charge is -2.06. The molecule has 1 aromatic heterocycles. The minimum atomic E-state index is -0.291. The summed E-state index contributed by atoms with van der Waals surface area (Å²) in [6.07, 6.45) is 6.28. The highest BCUT2D eigenvalue weighted by Crippen LogP contribution is 2.21. The summed E-state index contributed by atoms with van der Waals surface area (Å²) in [5.41, 5.74) is 12.9. The van der Waals surface area contributed by atoms with Crippen molar-refractivity contribution in [2.75, 3.05) is 5.73 Å². The first kappa shape index (κ1) is 15.3. The first-order valence-electron chi connectivity index (χ1n) is 5.94. The number of primary amides is 1. The van der Waals surface area contributed by atoms with Crippen molar-refractivity contribution < 1.29 is 4.79 Å². The van der Waals surface area contributed by atoms with Crippen LogP contribution < -0.4 is 11.5 Å². The smallest absolute Gasteiger partial charge is 0.220 e. The minimum Gasteiger partial charge on any atom is -0.385 e. The van der Waals surface area contributed by atoms with Gasteiger partial charge >= 0.3 is 0 Å². The fraction of sp³-hybridized carbons (Fsp3) is 0.462. The van der Waals surface area contributed by atoms with Crippen molar-refractivity contribution in [1.29, 1.82) is 0 Å². The first-order chi connectivity index (χ1) is 8.06. The number of carbonyl (C=O) groups is 1. The number of hydrogen-bond donors (Lipinski definition) is 3. The van der Waals surface area contributed by atoms with Crippen LogP contribution in [-0.4, -0.2) is 10.9 Å². The summed E-state index contributed by atoms with van der Waals surface area (Å²) in [5.74, 6) is 0.158. The predicted molar refractivity (Wildman–Crippen MR) is 73.3 cm³/mol. The number of anilines is 1. The molecule has 5 N–H and O–H groups in total. The van der Waals surface area contributed by atoms with Crippen LogP contribution in [0.2, 0.25) is 0 Å². The van der Waals surface area contributed by atoms with Gasteiger partial charge < -0.3 is 16.5 Å². The zero-order valence-electron chi connectivity index (χ0n) is 11.1. The second-order valence-corrected chi connectivity index (χ2v) is 3.65. The molecule has 17 heavy (non-hydrogen) atoms. The Balaban J connectivity index is 0.00000121. The standard InChI is InChI=1S/C11H17N3O.C2H6/c1-3-4-9-8(6-14-10(9)12)5-7(2)11(13)15;1-2/h3-4,6-7,14H,5,12H2,1-2H3,(H2,13,15);1-2H3/b4-3-;. The molecular weight excluding hydrogens is 214 g/mol. The fourth-order valence-electron chi connectivity index (χ4n) is 1.46. The third-order valence-electron chi connectivity index (χ3n) is 2.38. The number of aromatic amines is 1. The summed E-state index contributed by atoms with van der Waals surface area (Å²) in [7, 11) is 0. The Kier molecular flexibility index (Phi) is 6.79. The van der Waals surface area contributed by atoms with E-state index >= 15 is 0 Å². The largest absolute Gasteiger partial charge is 0.385 e. The molecule has 4 nitrogen and oxygen atoms in total. The lowest BCUT2D eigenvalue weighted by atomic mass is 9.99. The number of amides is 1. The van der Waals surface area contributed by atoms with Gasteiger partial charge in [0.05, 0.1) is 0 Å². The molecule has 1 rings (SSSR count). The average molecular weight is 237 g/mol. The topological polar surface area (TPSA) is 84.9 Å². The molecule has 1 amide bonds. The number of hydrogen-bond acceptors (Lipinski definition) is 2. The molecule has 0 aromatic carbocycles. The second kappa shape index (κ2) is 7.54. The fourth-order valence-corrected chi connectivity index (χ4v) is 1.46. The van der Waals surface area contributed by atoms with E-state index in [0.29, 0.717) is 12.2 Å². The van der Waals surface area contributed by atoms with E-state index in [1.54, 1.807) is 0 Å². The van der Waals surface area contributed by atoms with E-state index in [2.05, 4.69) is 4.98 Å². The van der Waals surface area contributed by atoms with Crippen LogP contribution in [0.15, 0.2) is 12.3 Å². The van der Waals surface area contributed by atoms with Crippen LogP contribution in [0, 0.1) is 5.92 Å². The number of nitrogens with two attached hydrogens (primary N) is 2. The van der Waals surface area contributed by atoms with Crippen molar-refractivity contribution in [1.82, 2.24) is 4.98 Å². The van der Waals surface area contributed by atoms with Crippen LogP contribution in [0.5, 0.6) is 0 Å². The normalized spacial score (nSPS) is 12.0. The Hall–Kier alpha value is -1.71. The Morgan fingerprint density at radius 1 is 1.53 bits per heavy atom. The average Bonchev–Trinajstić information content (AvgIpc) is 2.64. The zero-order valence-corrected chi connectivity index (χ0v) is 11.1. The molecule has 96 valence electrons. The third-order valence-corrected chi connectivity index (χ3v) is 2.38. The molecule has 0 saturated heterocycles. The van der Waals surface area contributed by atoms with Gasteiger partial charge in [0, 0.05) is 17.7 Å². The monoisotopic (exact) mass is 237 g/mol. The van der Waals surface area contributed by atoms with E-state index in [9.17, 15) is 4.79 Å². The summed E-state index contributed by atoms with van der Waals surface area (Å²) in [4.78, 5) is 13.9. The summed E-state index contributed by atoms with van der Waals surface area (Å²) in [6, 6.07) is 0. The van der Waals surface area contributed by atoms with E-state index in [1.165, 1.54) is 0 Å². The maximum Gasteiger partial charge on any atom is 0.220 e. The van der Waals surface area contributed by atoms with Gasteiger partial charge in [-0.3, -0.25) is 4.79 Å². The van der Waals surface area contributed by atoms with E-state index in [-0.39, 0.29) is 11.8 Å². The first-order valence-corrected chi connectivity index (χ1v) is 5.94. The molecule has 0 aliphatic carbocycles. The second-order valence-electron chi connectivity index (χ2n) is 3.65. The maximum atomic E-state index is 10.9. The van der Waals surface area contributed by atoms with Gasteiger partial charge in [0.15, 0.2) is 0 Å². The van der Waals surface area contributed by atoms with Gasteiger partial charge in [0.25, 0.3) is 0 Å². The van der Waals surface area contributed by atoms with Gasteiger partial charge in [-0.25, -0.2) is 0 Å². The molecule has 4 heteroatoms. The number of carbonyl (C=O) groups excluding carboxylic acids is 1. The van der Waals surface area contributed by atoms with E-state index in [4.69, 9.17) is 11.5 Å². The van der Waals surface area contributed by atoms with Gasteiger partial charge in [0.1, 0.15) is 5.82 Å². The SMILES string of the molecule is C/C=C\c1c(CC(C)C(N)=O)c[nH]c1N.CC. The number of aromatic nitrogens is 1. The maximum absolute atomic E-state index is 10.9. The molecule has 0 spiro atoms. The molecule has 0 saturated carbocycles. The van der Waals surface area contributed by atoms with Crippen LogP contribution in [0.4, 0.5) is 5.82 Å². The van der Waals surface area contributed by atoms with Crippen molar-refractivity contribution in [3.8, 4) is 0 Å². The quantitative estimate of drug-likeness (QED) is 0.750. The molecule has 0 fully saturated rings. The Morgan fingerprint density at radius 3 is 2.59 bits per heavy atom. The van der Waals surface area contributed by atoms with Gasteiger partial charge in [-0.1, -0.05) is 32.9 Å². The van der Waals surface area contributed by atoms with Crippen molar-refractivity contribution >= 4 is 17.8 Å². The zero-order chi connectivity index (χ0) is 13.4. The number of H-pyrrole nitrogens is 1. The summed E-state index contributed by atoms with van der Waals surface area (Å²) in [5, 5.41) is 0. The molecule has 0 aliphatic heterocycles. The molecule has 0 bridgehead atoms. The third kappa shape index (κ3) is 4.34. The van der Waals surface area contributed by atoms with Crippen LogP contribution in [0.25, 0.3) is 6.08 Å². The van der Waals surface area contributed by atoms with Crippen LogP contribution >= 0.6 is 0 Å². The van der Waals surface area contributed by atoms with Gasteiger partial charge in [0.2, 0.25) is 5.91 Å². The predicted octanol–water partition coefficient (Wildman–Crippen LogP) is 2.32. The highest BCUT2D eigenvalue weighted by molar-refractivity contribution is 5.77. The van der Waals surface area contributed by atoms with Crippen LogP contribution in [0.3, 0.4) is 0 Å². The Bertz CT molecular complexity index is 380. The van der Waals surface area contributed by atoms with Crippen molar-refractivity contribution in [3.05, 3.63) is 23.4 Å². The van der Waals surface area contributed by atoms with Crippen molar-refractivity contribution in [3.63, 3.8) is 0 Å². The van der Waals surface area contributed by atoms with Gasteiger partial charge in [-0.05, 0) is 18.9 Å². The van der Waals surface area contributed by atoms with E-state index in [1.807, 2.05) is 46.0 Å². The molecule has 1 aromatic rings. The molecule has 0 radical (unpaired) electrons. The number of nitrogens with one attached hydrogen (secondary N) is 1. The lowest BCUT2D eigenvalue weighted by molar-refractivity contribution is -0.121. The van der Waals surface area contributed by atoms with Crippen LogP contribution in [0.1, 0.15) is 38.8 Å². The molecule has 1 heterocycles. The van der Waals surface area contributed by atoms with Gasteiger partial charge in [-0.2, -0.15) is 0 Å². The lowest BCUT2D eigenvalue weighted by Crippen LogP contribution is -2.22. The minimum absolute atomic E-state index is 0.177. The van der Waals surface area contributed by atoms with Gasteiger partial charge in [-0.15, -0.1) is 0 Å². The van der Waals surface area contributed by atoms with Crippen molar-refractivity contribution in [2.45, 2.75) is 34.1 Å². The van der Waals surface area contributed by atoms with Crippen LogP contribution in [-0.2, 0) is 11.2 Å². The summed E-state index contributed by atoms with van der Waals surface area (Å²) >= 11 is 0. The molecular formula is C13H23N3O. The molecule has 1 unspecified atom stereocenters. The number of rotatable bonds is 4. The summed E-state index contributed by atoms with van der Waals surface area (Å²) in [6.45, 7) is 7.73. The number of allylic oxidation sites excluding steroid dienone is 1.